The number of nitro groups is 1. The number of nitro benzene ring substituents is 1. The summed E-state index contributed by atoms with van der Waals surface area (Å²) >= 11 is 0. The molecule has 2 aromatic carbocycles. The van der Waals surface area contributed by atoms with Gasteiger partial charge in [0.1, 0.15) is 0 Å². The number of non-ortho nitro benzene ring substituents is 1. The van der Waals surface area contributed by atoms with Gasteiger partial charge in [-0.3, -0.25) is 15.1 Å². The van der Waals surface area contributed by atoms with Gasteiger partial charge in [-0.05, 0) is 19.1 Å². The topological polar surface area (TPSA) is 55.5 Å². The lowest BCUT2D eigenvalue weighted by Crippen LogP contribution is -1.96. The monoisotopic (exact) mass is 240 g/mol. The number of nitrogens with zero attached hydrogens (tertiary/aromatic N) is 2. The zero-order chi connectivity index (χ0) is 13.0. The van der Waals surface area contributed by atoms with Crippen LogP contribution in [0.25, 0.3) is 0 Å². The van der Waals surface area contributed by atoms with Gasteiger partial charge in [-0.1, -0.05) is 30.3 Å². The van der Waals surface area contributed by atoms with Gasteiger partial charge in [0, 0.05) is 23.4 Å². The second kappa shape index (κ2) is 5.23. The quantitative estimate of drug-likeness (QED) is 0.466. The lowest BCUT2D eigenvalue weighted by molar-refractivity contribution is -0.384. The van der Waals surface area contributed by atoms with Crippen LogP contribution in [-0.2, 0) is 0 Å². The summed E-state index contributed by atoms with van der Waals surface area (Å²) in [7, 11) is 0. The number of rotatable bonds is 3. The van der Waals surface area contributed by atoms with Crippen LogP contribution in [0.4, 0.5) is 11.4 Å². The highest BCUT2D eigenvalue weighted by molar-refractivity contribution is 6.00. The van der Waals surface area contributed by atoms with Gasteiger partial charge < -0.3 is 0 Å². The summed E-state index contributed by atoms with van der Waals surface area (Å²) < 4.78 is 0. The highest BCUT2D eigenvalue weighted by Gasteiger charge is 2.07. The summed E-state index contributed by atoms with van der Waals surface area (Å²) in [5.74, 6) is 0. The van der Waals surface area contributed by atoms with E-state index >= 15 is 0 Å². The van der Waals surface area contributed by atoms with Gasteiger partial charge in [-0.2, -0.15) is 0 Å². The van der Waals surface area contributed by atoms with E-state index in [1.807, 2.05) is 43.3 Å². The molecule has 0 atom stereocenters. The molecule has 0 N–H and O–H groups in total. The van der Waals surface area contributed by atoms with Crippen LogP contribution in [0.5, 0.6) is 0 Å². The van der Waals surface area contributed by atoms with Crippen molar-refractivity contribution in [1.29, 1.82) is 0 Å². The summed E-state index contributed by atoms with van der Waals surface area (Å²) in [6.45, 7) is 1.84. The van der Waals surface area contributed by atoms with Crippen molar-refractivity contribution >= 4 is 17.1 Å². The fraction of sp³-hybridized carbons (Fsp3) is 0.0714. The summed E-state index contributed by atoms with van der Waals surface area (Å²) in [5.41, 5.74) is 2.43. The van der Waals surface area contributed by atoms with Gasteiger partial charge in [-0.15, -0.1) is 0 Å². The van der Waals surface area contributed by atoms with Crippen molar-refractivity contribution in [2.45, 2.75) is 6.92 Å². The fourth-order valence-electron chi connectivity index (χ4n) is 1.61. The number of benzene rings is 2. The molecule has 2 rings (SSSR count). The fourth-order valence-corrected chi connectivity index (χ4v) is 1.61. The molecular formula is C14H12N2O2. The molecule has 2 aromatic rings. The summed E-state index contributed by atoms with van der Waals surface area (Å²) in [4.78, 5) is 14.7. The zero-order valence-electron chi connectivity index (χ0n) is 9.91. The van der Waals surface area contributed by atoms with Crippen molar-refractivity contribution < 1.29 is 4.92 Å². The second-order valence-electron chi connectivity index (χ2n) is 3.84. The number of para-hydroxylation sites is 1. The van der Waals surface area contributed by atoms with Gasteiger partial charge in [-0.25, -0.2) is 0 Å². The first-order valence-electron chi connectivity index (χ1n) is 5.52. The minimum Gasteiger partial charge on any atom is -0.258 e. The Balaban J connectivity index is 2.34. The average Bonchev–Trinajstić information content (AvgIpc) is 2.40. The van der Waals surface area contributed by atoms with E-state index in [0.717, 1.165) is 17.0 Å². The third-order valence-corrected chi connectivity index (χ3v) is 2.53. The number of hydrogen-bond donors (Lipinski definition) is 0. The van der Waals surface area contributed by atoms with Gasteiger partial charge >= 0.3 is 0 Å². The molecule has 0 saturated carbocycles. The highest BCUT2D eigenvalue weighted by Crippen LogP contribution is 2.17. The minimum absolute atomic E-state index is 0.0788. The Hall–Kier alpha value is -2.49. The first-order valence-corrected chi connectivity index (χ1v) is 5.52. The molecule has 0 unspecified atom stereocenters. The third kappa shape index (κ3) is 2.79. The molecule has 0 aliphatic rings. The van der Waals surface area contributed by atoms with E-state index in [2.05, 4.69) is 4.99 Å². The predicted octanol–water partition coefficient (Wildman–Crippen LogP) is 3.74. The van der Waals surface area contributed by atoms with E-state index < -0.39 is 4.92 Å². The molecule has 0 bridgehead atoms. The van der Waals surface area contributed by atoms with Crippen LogP contribution in [0.1, 0.15) is 12.5 Å². The van der Waals surface area contributed by atoms with Crippen molar-refractivity contribution in [3.8, 4) is 0 Å². The summed E-state index contributed by atoms with van der Waals surface area (Å²) in [6.07, 6.45) is 0. The normalized spacial score (nSPS) is 11.3. The third-order valence-electron chi connectivity index (χ3n) is 2.53. The van der Waals surface area contributed by atoms with Gasteiger partial charge in [0.25, 0.3) is 5.69 Å². The number of aliphatic imine (C=N–C) groups is 1. The van der Waals surface area contributed by atoms with Crippen molar-refractivity contribution in [1.82, 2.24) is 0 Å². The standard InChI is InChI=1S/C14H12N2O2/c1-11(15-13-7-3-2-4-8-13)12-6-5-9-14(10-12)16(17)18/h2-10H,1H3. The maximum atomic E-state index is 10.7. The van der Waals surface area contributed by atoms with Crippen LogP contribution >= 0.6 is 0 Å². The Labute approximate surface area is 105 Å². The first kappa shape index (κ1) is 12.0. The maximum Gasteiger partial charge on any atom is 0.270 e. The van der Waals surface area contributed by atoms with Crippen LogP contribution in [0.3, 0.4) is 0 Å². The van der Waals surface area contributed by atoms with Crippen LogP contribution in [0, 0.1) is 10.1 Å². The molecule has 0 aliphatic heterocycles. The minimum atomic E-state index is -0.403. The second-order valence-corrected chi connectivity index (χ2v) is 3.84. The number of hydrogen-bond acceptors (Lipinski definition) is 3. The van der Waals surface area contributed by atoms with E-state index in [4.69, 9.17) is 0 Å². The summed E-state index contributed by atoms with van der Waals surface area (Å²) in [6, 6.07) is 16.0. The molecule has 0 radical (unpaired) electrons. The van der Waals surface area contributed by atoms with Crippen LogP contribution in [-0.4, -0.2) is 10.6 Å². The van der Waals surface area contributed by atoms with Crippen molar-refractivity contribution in [2.75, 3.05) is 0 Å². The molecule has 90 valence electrons. The summed E-state index contributed by atoms with van der Waals surface area (Å²) in [5, 5.41) is 10.7. The lowest BCUT2D eigenvalue weighted by Gasteiger charge is -2.01. The van der Waals surface area contributed by atoms with E-state index in [0.29, 0.717) is 0 Å². The van der Waals surface area contributed by atoms with Crippen molar-refractivity contribution in [3.05, 3.63) is 70.3 Å². The smallest absolute Gasteiger partial charge is 0.258 e. The molecule has 0 aliphatic carbocycles. The largest absolute Gasteiger partial charge is 0.270 e. The van der Waals surface area contributed by atoms with E-state index in [1.54, 1.807) is 6.07 Å². The van der Waals surface area contributed by atoms with E-state index in [1.165, 1.54) is 12.1 Å². The Morgan fingerprint density at radius 2 is 1.83 bits per heavy atom. The van der Waals surface area contributed by atoms with Gasteiger partial charge in [0.15, 0.2) is 0 Å². The average molecular weight is 240 g/mol. The first-order chi connectivity index (χ1) is 8.66. The van der Waals surface area contributed by atoms with E-state index in [9.17, 15) is 10.1 Å². The van der Waals surface area contributed by atoms with Gasteiger partial charge in [0.2, 0.25) is 0 Å². The molecular weight excluding hydrogens is 228 g/mol. The van der Waals surface area contributed by atoms with Crippen molar-refractivity contribution in [2.24, 2.45) is 4.99 Å². The molecule has 0 aromatic heterocycles. The lowest BCUT2D eigenvalue weighted by atomic mass is 10.1. The Kier molecular flexibility index (Phi) is 3.48. The van der Waals surface area contributed by atoms with E-state index in [-0.39, 0.29) is 5.69 Å². The molecule has 4 nitrogen and oxygen atoms in total. The maximum absolute atomic E-state index is 10.7. The molecule has 0 saturated heterocycles. The molecule has 0 amide bonds. The zero-order valence-corrected chi connectivity index (χ0v) is 9.91. The Bertz CT molecular complexity index is 592. The SMILES string of the molecule is CC(=Nc1ccccc1)c1cccc([N+](=O)[O-])c1. The van der Waals surface area contributed by atoms with Crippen LogP contribution in [0.2, 0.25) is 0 Å². The predicted molar refractivity (Wildman–Crippen MR) is 71.4 cm³/mol. The Morgan fingerprint density at radius 1 is 1.11 bits per heavy atom. The molecule has 0 heterocycles. The van der Waals surface area contributed by atoms with Crippen LogP contribution < -0.4 is 0 Å². The molecule has 0 spiro atoms. The molecule has 4 heteroatoms. The Morgan fingerprint density at radius 3 is 2.50 bits per heavy atom. The van der Waals surface area contributed by atoms with Crippen LogP contribution in [0.15, 0.2) is 59.6 Å². The molecule has 0 fully saturated rings. The van der Waals surface area contributed by atoms with Gasteiger partial charge in [0.05, 0.1) is 10.6 Å². The highest BCUT2D eigenvalue weighted by atomic mass is 16.6. The van der Waals surface area contributed by atoms with Crippen molar-refractivity contribution in [3.63, 3.8) is 0 Å². The molecule has 18 heavy (non-hydrogen) atoms.